The number of nitrogens with zero attached hydrogens (tertiary/aromatic N) is 16. The number of hydrogen-bond donors (Lipinski definition) is 0. The molecular weight excluding hydrogens is 1030 g/mol. The van der Waals surface area contributed by atoms with Gasteiger partial charge in [-0.2, -0.15) is 0 Å². The lowest BCUT2D eigenvalue weighted by Crippen LogP contribution is -2.42. The first-order chi connectivity index (χ1) is 40.7. The highest BCUT2D eigenvalue weighted by Gasteiger charge is 2.28. The van der Waals surface area contributed by atoms with Gasteiger partial charge in [0.05, 0.1) is 25.6 Å². The van der Waals surface area contributed by atoms with E-state index in [9.17, 15) is 0 Å². The van der Waals surface area contributed by atoms with Gasteiger partial charge in [-0.05, 0) is 71.9 Å². The van der Waals surface area contributed by atoms with Gasteiger partial charge in [0.2, 0.25) is 0 Å². The van der Waals surface area contributed by atoms with Crippen molar-refractivity contribution in [2.24, 2.45) is 21.1 Å². The first kappa shape index (κ1) is 59.9. The Labute approximate surface area is 493 Å². The fourth-order valence-corrected chi connectivity index (χ4v) is 11.2. The van der Waals surface area contributed by atoms with Crippen LogP contribution in [0.15, 0.2) is 166 Å². The van der Waals surface area contributed by atoms with Crippen LogP contribution in [0.25, 0.3) is 33.4 Å². The molecule has 434 valence electrons. The Bertz CT molecular complexity index is 2910. The molecule has 16 nitrogen and oxygen atoms in total. The Morgan fingerprint density at radius 3 is 0.771 bits per heavy atom. The normalized spacial score (nSPS) is 11.7. The van der Waals surface area contributed by atoms with Gasteiger partial charge in [-0.1, -0.05) is 73.4 Å². The van der Waals surface area contributed by atoms with Crippen LogP contribution >= 0.6 is 0 Å². The summed E-state index contributed by atoms with van der Waals surface area (Å²) >= 11 is 0. The molecule has 0 N–H and O–H groups in total. The molecule has 0 unspecified atom stereocenters. The molecule has 83 heavy (non-hydrogen) atoms. The summed E-state index contributed by atoms with van der Waals surface area (Å²) in [6.07, 6.45) is 54.0. The zero-order valence-electron chi connectivity index (χ0n) is 50.3. The summed E-state index contributed by atoms with van der Waals surface area (Å²) in [7, 11) is 8.44. The highest BCUT2D eigenvalue weighted by Crippen LogP contribution is 2.22. The van der Waals surface area contributed by atoms with E-state index in [2.05, 4.69) is 237 Å². The standard InChI is InChI=1S/C67H93N16/c1-74-41-23-59(24-42-74)62-29-47-77(48-30-62)35-17-11-5-8-14-20-38-80-53-65(68-71-80)56-83(4,57-66-54-81(72-69-66)39-21-15-9-6-12-18-36-78-49-31-63(32-50-78)60-25-43-75(2)44-26-60)58-67-55-82(73-70-67)40-22-16-10-7-13-19-37-79-51-33-64(34-52-79)61-27-45-76(3)46-28-61/h23-34,41-55H,5-22,35-40,56-58H2,1-4H3/q+7. The highest BCUT2D eigenvalue weighted by molar-refractivity contribution is 5.62. The zero-order valence-corrected chi connectivity index (χ0v) is 50.3. The smallest absolute Gasteiger partial charge is 0.169 e. The van der Waals surface area contributed by atoms with Gasteiger partial charge < -0.3 is 4.48 Å². The molecule has 0 saturated carbocycles. The lowest BCUT2D eigenvalue weighted by atomic mass is 10.1. The summed E-state index contributed by atoms with van der Waals surface area (Å²) in [6, 6.07) is 26.3. The van der Waals surface area contributed by atoms with Gasteiger partial charge in [0.1, 0.15) is 77.5 Å². The molecule has 9 heterocycles. The van der Waals surface area contributed by atoms with E-state index in [0.29, 0.717) is 24.1 Å². The van der Waals surface area contributed by atoms with Crippen molar-refractivity contribution in [2.75, 3.05) is 7.05 Å². The number of quaternary nitrogens is 1. The second kappa shape index (κ2) is 31.6. The van der Waals surface area contributed by atoms with E-state index in [0.717, 1.165) is 75.6 Å². The maximum atomic E-state index is 4.71. The minimum absolute atomic E-state index is 0.646. The maximum Gasteiger partial charge on any atom is 0.169 e. The van der Waals surface area contributed by atoms with Crippen LogP contribution in [-0.2, 0) is 80.0 Å². The molecule has 0 fully saturated rings. The van der Waals surface area contributed by atoms with Gasteiger partial charge in [0.15, 0.2) is 74.4 Å². The van der Waals surface area contributed by atoms with Crippen LogP contribution in [0, 0.1) is 0 Å². The molecule has 0 spiro atoms. The van der Waals surface area contributed by atoms with Crippen molar-refractivity contribution >= 4 is 0 Å². The summed E-state index contributed by atoms with van der Waals surface area (Å²) < 4.78 is 19.9. The minimum Gasteiger partial charge on any atom is -0.311 e. The van der Waals surface area contributed by atoms with Crippen LogP contribution in [0.2, 0.25) is 0 Å². The largest absolute Gasteiger partial charge is 0.311 e. The molecular formula is C67H93N16+7. The Kier molecular flexibility index (Phi) is 22.8. The van der Waals surface area contributed by atoms with Crippen molar-refractivity contribution in [3.05, 3.63) is 183 Å². The van der Waals surface area contributed by atoms with Crippen molar-refractivity contribution < 1.29 is 31.9 Å². The molecule has 0 atom stereocenters. The third-order valence-corrected chi connectivity index (χ3v) is 16.2. The Hall–Kier alpha value is -7.72. The molecule has 0 aliphatic carbocycles. The molecule has 0 saturated heterocycles. The number of unbranched alkanes of at least 4 members (excludes halogenated alkanes) is 15. The van der Waals surface area contributed by atoms with Crippen molar-refractivity contribution in [2.45, 2.75) is 174 Å². The van der Waals surface area contributed by atoms with E-state index in [1.165, 1.54) is 130 Å². The third-order valence-electron chi connectivity index (χ3n) is 16.2. The zero-order chi connectivity index (χ0) is 57.3. The van der Waals surface area contributed by atoms with E-state index in [-0.39, 0.29) is 0 Å². The lowest BCUT2D eigenvalue weighted by Gasteiger charge is -2.32. The van der Waals surface area contributed by atoms with Gasteiger partial charge in [0.25, 0.3) is 0 Å². The van der Waals surface area contributed by atoms with Crippen molar-refractivity contribution in [3.8, 4) is 33.4 Å². The number of aromatic nitrogens is 15. The van der Waals surface area contributed by atoms with E-state index in [1.807, 2.05) is 14.0 Å². The number of hydrogen-bond acceptors (Lipinski definition) is 6. The second-order valence-electron chi connectivity index (χ2n) is 23.6. The summed E-state index contributed by atoms with van der Waals surface area (Å²) in [5.41, 5.74) is 10.5. The third kappa shape index (κ3) is 20.0. The first-order valence-corrected chi connectivity index (χ1v) is 31.0. The number of rotatable bonds is 36. The van der Waals surface area contributed by atoms with Gasteiger partial charge in [-0.25, -0.2) is 27.4 Å². The molecule has 0 aliphatic rings. The SMILES string of the molecule is C[n+]1ccc(-c2cc[n+](CCCCCCCCn3cc(C[N+](C)(Cc4cn(CCCCCCCC[n+]5ccc(-c6cc[n+](C)cc6)cc5)nn4)Cc4cn(CCCCCCCC[n+]5ccc(-c6cc[n+](C)cc6)cc5)nn4)nn3)cc2)cc1. The average Bonchev–Trinajstić information content (AvgIpc) is 4.43. The van der Waals surface area contributed by atoms with Crippen LogP contribution in [0.1, 0.15) is 133 Å². The first-order valence-electron chi connectivity index (χ1n) is 31.0. The minimum atomic E-state index is 0.646. The Morgan fingerprint density at radius 1 is 0.301 bits per heavy atom. The quantitative estimate of drug-likeness (QED) is 0.0220. The average molecular weight is 1120 g/mol. The van der Waals surface area contributed by atoms with Crippen molar-refractivity contribution in [3.63, 3.8) is 0 Å². The number of pyridine rings is 6. The highest BCUT2D eigenvalue weighted by atomic mass is 15.5. The van der Waals surface area contributed by atoms with E-state index >= 15 is 0 Å². The fraction of sp³-hybridized carbons (Fsp3) is 0.463. The monoisotopic (exact) mass is 1120 g/mol. The topological polar surface area (TPSA) is 115 Å². The second-order valence-corrected chi connectivity index (χ2v) is 23.6. The van der Waals surface area contributed by atoms with E-state index in [1.54, 1.807) is 0 Å². The predicted molar refractivity (Wildman–Crippen MR) is 320 cm³/mol. The summed E-state index contributed by atoms with van der Waals surface area (Å²) in [5, 5.41) is 28.0. The van der Waals surface area contributed by atoms with Gasteiger partial charge in [-0.3, -0.25) is 14.0 Å². The van der Waals surface area contributed by atoms with Crippen LogP contribution < -0.4 is 27.4 Å². The van der Waals surface area contributed by atoms with Gasteiger partial charge in [0, 0.05) is 112 Å². The summed E-state index contributed by atoms with van der Waals surface area (Å²) in [4.78, 5) is 0. The maximum absolute atomic E-state index is 4.71. The molecule has 9 rings (SSSR count). The molecule has 0 amide bonds. The summed E-state index contributed by atoms with van der Waals surface area (Å²) in [6.45, 7) is 7.93. The van der Waals surface area contributed by atoms with Crippen LogP contribution in [0.4, 0.5) is 0 Å². The van der Waals surface area contributed by atoms with Crippen molar-refractivity contribution in [1.29, 1.82) is 0 Å². The molecule has 9 aromatic heterocycles. The molecule has 9 aromatic rings. The molecule has 16 heteroatoms. The lowest BCUT2D eigenvalue weighted by molar-refractivity contribution is -0.949. The Balaban J connectivity index is 0.690. The van der Waals surface area contributed by atoms with E-state index in [4.69, 9.17) is 15.3 Å². The van der Waals surface area contributed by atoms with Crippen LogP contribution in [0.5, 0.6) is 0 Å². The van der Waals surface area contributed by atoms with Crippen molar-refractivity contribution in [1.82, 2.24) is 45.0 Å². The Morgan fingerprint density at radius 2 is 0.518 bits per heavy atom. The van der Waals surface area contributed by atoms with Crippen LogP contribution in [0.3, 0.4) is 0 Å². The predicted octanol–water partition coefficient (Wildman–Crippen LogP) is 9.27. The number of aryl methyl sites for hydroxylation is 9. The van der Waals surface area contributed by atoms with Gasteiger partial charge in [-0.15, -0.1) is 15.3 Å². The molecule has 0 bridgehead atoms. The summed E-state index contributed by atoms with van der Waals surface area (Å²) in [5.74, 6) is 0. The van der Waals surface area contributed by atoms with Gasteiger partial charge >= 0.3 is 0 Å². The molecule has 0 aromatic carbocycles. The fourth-order valence-electron chi connectivity index (χ4n) is 11.2. The van der Waals surface area contributed by atoms with E-state index < -0.39 is 0 Å². The molecule has 0 aliphatic heterocycles. The van der Waals surface area contributed by atoms with Crippen LogP contribution in [-0.4, -0.2) is 56.5 Å². The molecule has 0 radical (unpaired) electrons.